The van der Waals surface area contributed by atoms with Crippen LogP contribution in [0.3, 0.4) is 0 Å². The average molecular weight is 218 g/mol. The fraction of sp³-hybridized carbons (Fsp3) is 0.333. The first-order valence-electron chi connectivity index (χ1n) is 3.64. The van der Waals surface area contributed by atoms with Crippen molar-refractivity contribution in [2.75, 3.05) is 0 Å². The number of hydrogen-bond acceptors (Lipinski definition) is 5. The molecule has 1 rings (SSSR count). The highest BCUT2D eigenvalue weighted by atomic mass is 16.6. The molecule has 1 aromatic heterocycles. The number of aliphatic hydroxyl groups is 1. The van der Waals surface area contributed by atoms with E-state index in [4.69, 9.17) is 15.0 Å². The number of aromatic nitrogens is 2. The largest absolute Gasteiger partial charge is 0.465 e. The fourth-order valence-corrected chi connectivity index (χ4v) is 0.754. The lowest BCUT2D eigenvalue weighted by Gasteiger charge is -1.93. The van der Waals surface area contributed by atoms with Crippen LogP contribution in [0.5, 0.6) is 0 Å². The maximum atomic E-state index is 10.2. The molecule has 1 heterocycles. The van der Waals surface area contributed by atoms with Gasteiger partial charge in [0.2, 0.25) is 5.82 Å². The molecule has 9 nitrogen and oxygen atoms in total. The van der Waals surface area contributed by atoms with Crippen LogP contribution < -0.4 is 5.73 Å². The third kappa shape index (κ3) is 4.04. The number of aliphatic hydroxyl groups excluding tert-OH is 1. The van der Waals surface area contributed by atoms with Crippen LogP contribution in [0.15, 0.2) is 6.20 Å². The van der Waals surface area contributed by atoms with E-state index in [1.54, 1.807) is 0 Å². The molecule has 1 aromatic rings. The van der Waals surface area contributed by atoms with E-state index >= 15 is 0 Å². The van der Waals surface area contributed by atoms with Gasteiger partial charge in [-0.2, -0.15) is 0 Å². The number of nitrogens with two attached hydrogens (primary N) is 1. The third-order valence-electron chi connectivity index (χ3n) is 1.39. The number of nitro groups is 1. The minimum absolute atomic E-state index is 0.117. The molecule has 0 fully saturated rings. The predicted octanol–water partition coefficient (Wildman–Crippen LogP) is -0.556. The summed E-state index contributed by atoms with van der Waals surface area (Å²) in [5.41, 5.74) is 4.03. The van der Waals surface area contributed by atoms with Crippen molar-refractivity contribution >= 4 is 11.9 Å². The monoisotopic (exact) mass is 218 g/mol. The molecule has 0 saturated heterocycles. The molecular formula is C6H10N4O5. The zero-order valence-corrected chi connectivity index (χ0v) is 7.82. The number of imidazole rings is 1. The number of carbonyl (C=O) groups is 1. The van der Waals surface area contributed by atoms with Crippen molar-refractivity contribution in [3.63, 3.8) is 0 Å². The summed E-state index contributed by atoms with van der Waals surface area (Å²) in [4.78, 5) is 22.1. The highest BCUT2D eigenvalue weighted by Gasteiger charge is 2.14. The van der Waals surface area contributed by atoms with Gasteiger partial charge in [0, 0.05) is 0 Å². The van der Waals surface area contributed by atoms with Crippen LogP contribution in [-0.4, -0.2) is 30.8 Å². The van der Waals surface area contributed by atoms with E-state index in [9.17, 15) is 10.1 Å². The fourth-order valence-electron chi connectivity index (χ4n) is 0.754. The van der Waals surface area contributed by atoms with Gasteiger partial charge in [-0.1, -0.05) is 0 Å². The van der Waals surface area contributed by atoms with E-state index in [0.29, 0.717) is 0 Å². The van der Waals surface area contributed by atoms with E-state index in [0.717, 1.165) is 6.20 Å². The van der Waals surface area contributed by atoms with Gasteiger partial charge in [0.1, 0.15) is 12.8 Å². The standard InChI is InChI=1S/C5H7N3O3.CH3NO2/c1-7-4(3-9)6-2-5(7)8(10)11;2-1(3)4/h2,9H,3H2,1H3;2H2,(H,3,4). The van der Waals surface area contributed by atoms with Crippen molar-refractivity contribution < 1.29 is 19.9 Å². The Morgan fingerprint density at radius 2 is 2.27 bits per heavy atom. The Hall–Kier alpha value is -2.16. The molecule has 84 valence electrons. The summed E-state index contributed by atoms with van der Waals surface area (Å²) >= 11 is 0. The topological polar surface area (TPSA) is 145 Å². The average Bonchev–Trinajstić information content (AvgIpc) is 2.45. The SMILES string of the molecule is Cn1c([N+](=O)[O-])cnc1CO.NC(=O)O. The molecule has 0 unspecified atom stereocenters. The van der Waals surface area contributed by atoms with Gasteiger partial charge in [0.15, 0.2) is 0 Å². The Labute approximate surface area is 83.9 Å². The number of primary amides is 1. The van der Waals surface area contributed by atoms with E-state index in [2.05, 4.69) is 10.7 Å². The molecule has 15 heavy (non-hydrogen) atoms. The van der Waals surface area contributed by atoms with Crippen LogP contribution in [0.2, 0.25) is 0 Å². The van der Waals surface area contributed by atoms with Crippen LogP contribution >= 0.6 is 0 Å². The number of nitrogens with zero attached hydrogens (tertiary/aromatic N) is 3. The van der Waals surface area contributed by atoms with Crippen molar-refractivity contribution in [2.24, 2.45) is 12.8 Å². The molecule has 0 aliphatic heterocycles. The lowest BCUT2D eigenvalue weighted by molar-refractivity contribution is -0.391. The third-order valence-corrected chi connectivity index (χ3v) is 1.39. The Balaban J connectivity index is 0.000000423. The Bertz CT molecular complexity index is 356. The number of amides is 1. The molecule has 0 aliphatic carbocycles. The van der Waals surface area contributed by atoms with Crippen molar-refractivity contribution in [3.05, 3.63) is 22.1 Å². The summed E-state index contributed by atoms with van der Waals surface area (Å²) in [5.74, 6) is 0.172. The quantitative estimate of drug-likeness (QED) is 0.448. The number of rotatable bonds is 2. The number of hydrogen-bond donors (Lipinski definition) is 3. The highest BCUT2D eigenvalue weighted by molar-refractivity contribution is 5.61. The summed E-state index contributed by atoms with van der Waals surface area (Å²) in [6.07, 6.45) is -0.217. The molecule has 0 atom stereocenters. The zero-order valence-electron chi connectivity index (χ0n) is 7.82. The van der Waals surface area contributed by atoms with Crippen LogP contribution in [0, 0.1) is 10.1 Å². The van der Waals surface area contributed by atoms with Crippen molar-refractivity contribution in [2.45, 2.75) is 6.61 Å². The second-order valence-electron chi connectivity index (χ2n) is 2.35. The molecule has 0 bridgehead atoms. The summed E-state index contributed by atoms with van der Waals surface area (Å²) < 4.78 is 1.24. The van der Waals surface area contributed by atoms with E-state index in [1.165, 1.54) is 11.6 Å². The highest BCUT2D eigenvalue weighted by Crippen LogP contribution is 2.10. The van der Waals surface area contributed by atoms with Crippen LogP contribution in [0.4, 0.5) is 10.6 Å². The maximum Gasteiger partial charge on any atom is 0.402 e. The van der Waals surface area contributed by atoms with Gasteiger partial charge in [0.25, 0.3) is 0 Å². The molecule has 0 aromatic carbocycles. The van der Waals surface area contributed by atoms with Crippen molar-refractivity contribution in [3.8, 4) is 0 Å². The second kappa shape index (κ2) is 5.54. The van der Waals surface area contributed by atoms with E-state index in [-0.39, 0.29) is 18.2 Å². The maximum absolute atomic E-state index is 10.2. The molecule has 0 aliphatic rings. The van der Waals surface area contributed by atoms with Gasteiger partial charge < -0.3 is 26.1 Å². The van der Waals surface area contributed by atoms with Gasteiger partial charge in [-0.25, -0.2) is 14.3 Å². The van der Waals surface area contributed by atoms with E-state index in [1.807, 2.05) is 0 Å². The predicted molar refractivity (Wildman–Crippen MR) is 48.0 cm³/mol. The molecule has 4 N–H and O–H groups in total. The Morgan fingerprint density at radius 1 is 1.80 bits per heavy atom. The Morgan fingerprint density at radius 3 is 2.47 bits per heavy atom. The summed E-state index contributed by atoms with van der Waals surface area (Å²) in [5, 5.41) is 26.0. The van der Waals surface area contributed by atoms with Crippen LogP contribution in [0.1, 0.15) is 5.82 Å². The van der Waals surface area contributed by atoms with Gasteiger partial charge in [-0.05, 0) is 4.92 Å². The molecule has 9 heteroatoms. The zero-order chi connectivity index (χ0) is 12.0. The summed E-state index contributed by atoms with van der Waals surface area (Å²) in [6.45, 7) is -0.287. The van der Waals surface area contributed by atoms with Gasteiger partial charge >= 0.3 is 11.9 Å². The van der Waals surface area contributed by atoms with Crippen molar-refractivity contribution in [1.82, 2.24) is 9.55 Å². The van der Waals surface area contributed by atoms with Gasteiger partial charge in [-0.15, -0.1) is 0 Å². The lowest BCUT2D eigenvalue weighted by atomic mass is 10.6. The smallest absolute Gasteiger partial charge is 0.402 e. The van der Waals surface area contributed by atoms with Gasteiger partial charge in [-0.3, -0.25) is 0 Å². The van der Waals surface area contributed by atoms with E-state index < -0.39 is 11.0 Å². The first-order chi connectivity index (χ1) is 6.90. The normalized spacial score (nSPS) is 8.93. The van der Waals surface area contributed by atoms with Gasteiger partial charge in [0.05, 0.1) is 7.05 Å². The molecule has 0 spiro atoms. The minimum atomic E-state index is -1.33. The first-order valence-corrected chi connectivity index (χ1v) is 3.64. The second-order valence-corrected chi connectivity index (χ2v) is 2.35. The van der Waals surface area contributed by atoms with Crippen molar-refractivity contribution in [1.29, 1.82) is 0 Å². The molecule has 0 radical (unpaired) electrons. The minimum Gasteiger partial charge on any atom is -0.465 e. The molecular weight excluding hydrogens is 208 g/mol. The lowest BCUT2D eigenvalue weighted by Crippen LogP contribution is -2.03. The number of carboxylic acid groups (broad SMARTS) is 1. The van der Waals surface area contributed by atoms with Crippen LogP contribution in [-0.2, 0) is 13.7 Å². The molecule has 1 amide bonds. The summed E-state index contributed by atoms with van der Waals surface area (Å²) in [6, 6.07) is 0. The first kappa shape index (κ1) is 12.8. The summed E-state index contributed by atoms with van der Waals surface area (Å²) in [7, 11) is 1.48. The Kier molecular flexibility index (Phi) is 4.75. The van der Waals surface area contributed by atoms with Crippen LogP contribution in [0.25, 0.3) is 0 Å². The molecule has 0 saturated carbocycles.